The number of benzene rings is 1. The van der Waals surface area contributed by atoms with Crippen molar-refractivity contribution in [1.29, 1.82) is 0 Å². The average Bonchev–Trinajstić information content (AvgIpc) is 3.13. The van der Waals surface area contributed by atoms with E-state index in [0.29, 0.717) is 16.8 Å². The van der Waals surface area contributed by atoms with Gasteiger partial charge in [0.15, 0.2) is 11.0 Å². The molecule has 0 radical (unpaired) electrons. The van der Waals surface area contributed by atoms with Crippen molar-refractivity contribution in [2.45, 2.75) is 20.4 Å². The van der Waals surface area contributed by atoms with Crippen molar-refractivity contribution in [2.75, 3.05) is 12.4 Å². The second kappa shape index (κ2) is 6.79. The maximum Gasteiger partial charge on any atom is 0.323 e. The Morgan fingerprint density at radius 3 is 2.67 bits per heavy atom. The van der Waals surface area contributed by atoms with E-state index < -0.39 is 0 Å². The van der Waals surface area contributed by atoms with Crippen LogP contribution in [0.1, 0.15) is 17.4 Å². The number of aromatic nitrogens is 3. The van der Waals surface area contributed by atoms with E-state index in [1.807, 2.05) is 37.3 Å². The molecule has 0 spiro atoms. The van der Waals surface area contributed by atoms with Crippen molar-refractivity contribution >= 4 is 22.5 Å². The molecule has 8 heteroatoms. The molecule has 0 aliphatic rings. The highest BCUT2D eigenvalue weighted by Gasteiger charge is 2.16. The van der Waals surface area contributed by atoms with Crippen LogP contribution in [0.15, 0.2) is 34.9 Å². The third kappa shape index (κ3) is 3.60. The number of hydrogen-bond acceptors (Lipinski definition) is 6. The Kier molecular flexibility index (Phi) is 4.57. The van der Waals surface area contributed by atoms with Crippen LogP contribution in [0.3, 0.4) is 0 Å². The number of aryl methyl sites for hydroxylation is 2. The predicted octanol–water partition coefficient (Wildman–Crippen LogP) is 3.47. The largest absolute Gasteiger partial charge is 0.340 e. The molecule has 0 fully saturated rings. The van der Waals surface area contributed by atoms with Crippen LogP contribution in [0.4, 0.5) is 9.93 Å². The summed E-state index contributed by atoms with van der Waals surface area (Å²) < 4.78 is 4.90. The van der Waals surface area contributed by atoms with E-state index in [9.17, 15) is 4.79 Å². The summed E-state index contributed by atoms with van der Waals surface area (Å²) >= 11 is 1.45. The molecule has 1 aromatic carbocycles. The van der Waals surface area contributed by atoms with Crippen LogP contribution in [0.5, 0.6) is 0 Å². The lowest BCUT2D eigenvalue weighted by atomic mass is 10.2. The Labute approximate surface area is 143 Å². The molecule has 0 atom stereocenters. The van der Waals surface area contributed by atoms with Gasteiger partial charge < -0.3 is 9.42 Å². The fourth-order valence-corrected chi connectivity index (χ4v) is 3.15. The molecule has 0 unspecified atom stereocenters. The standard InChI is InChI=1S/C16H17N5O2S/c1-10-14(12-7-5-4-6-8-12)24-15(17-10)19-16(22)21(3)9-13-18-11(2)23-20-13/h4-8H,9H2,1-3H3,(H,17,19,22). The molecule has 0 saturated carbocycles. The molecule has 0 aliphatic carbocycles. The summed E-state index contributed by atoms with van der Waals surface area (Å²) in [6.07, 6.45) is 0. The van der Waals surface area contributed by atoms with E-state index in [1.165, 1.54) is 16.2 Å². The molecular formula is C16H17N5O2S. The van der Waals surface area contributed by atoms with Crippen molar-refractivity contribution in [3.63, 3.8) is 0 Å². The number of anilines is 1. The van der Waals surface area contributed by atoms with Crippen LogP contribution in [-0.4, -0.2) is 33.1 Å². The summed E-state index contributed by atoms with van der Waals surface area (Å²) in [5.74, 6) is 0.937. The number of rotatable bonds is 4. The Balaban J connectivity index is 1.68. The Morgan fingerprint density at radius 1 is 1.25 bits per heavy atom. The van der Waals surface area contributed by atoms with Gasteiger partial charge in [0.2, 0.25) is 5.89 Å². The van der Waals surface area contributed by atoms with Crippen LogP contribution in [0, 0.1) is 13.8 Å². The lowest BCUT2D eigenvalue weighted by molar-refractivity contribution is 0.219. The first-order chi connectivity index (χ1) is 11.5. The smallest absolute Gasteiger partial charge is 0.323 e. The first-order valence-corrected chi connectivity index (χ1v) is 8.18. The van der Waals surface area contributed by atoms with Crippen molar-refractivity contribution in [3.8, 4) is 10.4 Å². The molecule has 24 heavy (non-hydrogen) atoms. The number of hydrogen-bond donors (Lipinski definition) is 1. The zero-order chi connectivity index (χ0) is 17.1. The summed E-state index contributed by atoms with van der Waals surface area (Å²) in [4.78, 5) is 23.3. The number of carbonyl (C=O) groups excluding carboxylic acids is 1. The Bertz CT molecular complexity index is 843. The normalized spacial score (nSPS) is 10.6. The lowest BCUT2D eigenvalue weighted by Gasteiger charge is -2.14. The molecule has 0 bridgehead atoms. The first-order valence-electron chi connectivity index (χ1n) is 7.37. The van der Waals surface area contributed by atoms with E-state index in [2.05, 4.69) is 20.4 Å². The van der Waals surface area contributed by atoms with Gasteiger partial charge in [-0.25, -0.2) is 9.78 Å². The molecule has 124 valence electrons. The van der Waals surface area contributed by atoms with Gasteiger partial charge in [-0.15, -0.1) is 0 Å². The van der Waals surface area contributed by atoms with Crippen molar-refractivity contribution in [1.82, 2.24) is 20.0 Å². The highest BCUT2D eigenvalue weighted by molar-refractivity contribution is 7.19. The van der Waals surface area contributed by atoms with Gasteiger partial charge in [0.1, 0.15) is 0 Å². The molecule has 7 nitrogen and oxygen atoms in total. The van der Waals surface area contributed by atoms with Gasteiger partial charge in [-0.05, 0) is 12.5 Å². The molecule has 3 aromatic rings. The van der Waals surface area contributed by atoms with E-state index in [4.69, 9.17) is 4.52 Å². The van der Waals surface area contributed by atoms with Crippen molar-refractivity contribution in [3.05, 3.63) is 47.7 Å². The number of amides is 2. The van der Waals surface area contributed by atoms with Gasteiger partial charge in [0.05, 0.1) is 17.1 Å². The Morgan fingerprint density at radius 2 is 2.00 bits per heavy atom. The number of urea groups is 1. The third-order valence-electron chi connectivity index (χ3n) is 3.34. The number of nitrogens with zero attached hydrogens (tertiary/aromatic N) is 4. The zero-order valence-electron chi connectivity index (χ0n) is 13.6. The third-order valence-corrected chi connectivity index (χ3v) is 4.46. The summed E-state index contributed by atoms with van der Waals surface area (Å²) in [6, 6.07) is 9.71. The monoisotopic (exact) mass is 343 g/mol. The van der Waals surface area contributed by atoms with Crippen LogP contribution in [0.25, 0.3) is 10.4 Å². The van der Waals surface area contributed by atoms with Gasteiger partial charge >= 0.3 is 6.03 Å². The van der Waals surface area contributed by atoms with E-state index in [-0.39, 0.29) is 12.6 Å². The summed E-state index contributed by atoms with van der Waals surface area (Å²) in [7, 11) is 1.67. The molecule has 0 saturated heterocycles. The van der Waals surface area contributed by atoms with Gasteiger partial charge in [0, 0.05) is 14.0 Å². The molecule has 2 aromatic heterocycles. The SMILES string of the molecule is Cc1nc(CN(C)C(=O)Nc2nc(C)c(-c3ccccc3)s2)no1. The number of carbonyl (C=O) groups is 1. The van der Waals surface area contributed by atoms with E-state index in [1.54, 1.807) is 14.0 Å². The van der Waals surface area contributed by atoms with Gasteiger partial charge in [-0.2, -0.15) is 4.98 Å². The highest BCUT2D eigenvalue weighted by Crippen LogP contribution is 2.32. The minimum absolute atomic E-state index is 0.263. The molecule has 2 amide bonds. The quantitative estimate of drug-likeness (QED) is 0.784. The van der Waals surface area contributed by atoms with Crippen LogP contribution < -0.4 is 5.32 Å². The van der Waals surface area contributed by atoms with Crippen molar-refractivity contribution in [2.24, 2.45) is 0 Å². The predicted molar refractivity (Wildman–Crippen MR) is 91.8 cm³/mol. The maximum absolute atomic E-state index is 12.3. The number of nitrogens with one attached hydrogen (secondary N) is 1. The maximum atomic E-state index is 12.3. The summed E-state index contributed by atoms with van der Waals surface area (Å²) in [6.45, 7) is 3.90. The zero-order valence-corrected chi connectivity index (χ0v) is 14.4. The average molecular weight is 343 g/mol. The fourth-order valence-electron chi connectivity index (χ4n) is 2.18. The molecular weight excluding hydrogens is 326 g/mol. The van der Waals surface area contributed by atoms with Gasteiger partial charge in [-0.1, -0.05) is 46.8 Å². The minimum Gasteiger partial charge on any atom is -0.340 e. The van der Waals surface area contributed by atoms with Crippen molar-refractivity contribution < 1.29 is 9.32 Å². The van der Waals surface area contributed by atoms with E-state index in [0.717, 1.165) is 16.1 Å². The van der Waals surface area contributed by atoms with E-state index >= 15 is 0 Å². The second-order valence-corrected chi connectivity index (χ2v) is 6.31. The van der Waals surface area contributed by atoms with Crippen LogP contribution in [0.2, 0.25) is 0 Å². The molecule has 3 rings (SSSR count). The van der Waals surface area contributed by atoms with Crippen LogP contribution >= 0.6 is 11.3 Å². The topological polar surface area (TPSA) is 84.2 Å². The lowest BCUT2D eigenvalue weighted by Crippen LogP contribution is -2.31. The minimum atomic E-state index is -0.272. The first kappa shape index (κ1) is 16.1. The summed E-state index contributed by atoms with van der Waals surface area (Å²) in [5.41, 5.74) is 1.97. The van der Waals surface area contributed by atoms with Gasteiger partial charge in [0.25, 0.3) is 0 Å². The Hall–Kier alpha value is -2.74. The second-order valence-electron chi connectivity index (χ2n) is 5.32. The molecule has 1 N–H and O–H groups in total. The molecule has 0 aliphatic heterocycles. The highest BCUT2D eigenvalue weighted by atomic mass is 32.1. The summed E-state index contributed by atoms with van der Waals surface area (Å²) in [5, 5.41) is 7.15. The molecule has 2 heterocycles. The van der Waals surface area contributed by atoms with Crippen LogP contribution in [-0.2, 0) is 6.54 Å². The van der Waals surface area contributed by atoms with Gasteiger partial charge in [-0.3, -0.25) is 5.32 Å². The fraction of sp³-hybridized carbons (Fsp3) is 0.250. The number of thiazole rings is 1.